The van der Waals surface area contributed by atoms with Gasteiger partial charge in [0.1, 0.15) is 17.1 Å². The van der Waals surface area contributed by atoms with Crippen molar-refractivity contribution in [2.45, 2.75) is 69.5 Å². The lowest BCUT2D eigenvalue weighted by molar-refractivity contribution is -0.120. The zero-order valence-electron chi connectivity index (χ0n) is 33.9. The molecule has 312 valence electrons. The molecule has 7 heterocycles. The Labute approximate surface area is 348 Å². The summed E-state index contributed by atoms with van der Waals surface area (Å²) < 4.78 is 18.6. The van der Waals surface area contributed by atoms with Crippen LogP contribution in [0.25, 0.3) is 22.3 Å². The minimum Gasteiger partial charge on any atom is -0.507 e. The van der Waals surface area contributed by atoms with E-state index in [1.807, 2.05) is 49.4 Å². The number of hydrogen-bond donors (Lipinski definition) is 3. The Morgan fingerprint density at radius 2 is 1.73 bits per heavy atom. The molecule has 0 saturated carbocycles. The molecular weight excluding hydrogens is 764 g/mol. The van der Waals surface area contributed by atoms with Crippen molar-refractivity contribution in [3.63, 3.8) is 0 Å². The van der Waals surface area contributed by atoms with E-state index in [0.717, 1.165) is 79.7 Å². The number of anilines is 3. The molecule has 4 amide bonds. The lowest BCUT2D eigenvalue weighted by atomic mass is 9.89. The molecule has 0 unspecified atom stereocenters. The quantitative estimate of drug-likeness (QED) is 0.164. The van der Waals surface area contributed by atoms with Gasteiger partial charge in [-0.05, 0) is 80.1 Å². The van der Waals surface area contributed by atoms with E-state index in [1.165, 1.54) is 0 Å². The molecule has 4 fully saturated rings. The summed E-state index contributed by atoms with van der Waals surface area (Å²) in [5, 5.41) is 22.2. The Kier molecular flexibility index (Phi) is 10.6. The van der Waals surface area contributed by atoms with Gasteiger partial charge in [-0.3, -0.25) is 19.8 Å². The fourth-order valence-corrected chi connectivity index (χ4v) is 9.56. The number of nitrogens with two attached hydrogens (primary N) is 1. The number of halogens is 1. The molecule has 0 radical (unpaired) electrons. The first-order valence-electron chi connectivity index (χ1n) is 21.1. The zero-order chi connectivity index (χ0) is 41.5. The van der Waals surface area contributed by atoms with Crippen LogP contribution in [0.3, 0.4) is 0 Å². The van der Waals surface area contributed by atoms with Crippen LogP contribution in [0, 0.1) is 6.92 Å². The van der Waals surface area contributed by atoms with Crippen molar-refractivity contribution in [2.75, 3.05) is 67.9 Å². The monoisotopic (exact) mass is 814 g/mol. The molecule has 4 aliphatic heterocycles. The first-order chi connectivity index (χ1) is 29.0. The van der Waals surface area contributed by atoms with Gasteiger partial charge < -0.3 is 30.1 Å². The molecule has 4 aliphatic rings. The number of phenolic OH excluding ortho intramolecular Hbond substituents is 1. The lowest BCUT2D eigenvalue weighted by Crippen LogP contribution is -2.51. The van der Waals surface area contributed by atoms with Crippen molar-refractivity contribution in [1.82, 2.24) is 34.9 Å². The molecule has 1 atom stereocenters. The molecule has 4 saturated heterocycles. The fourth-order valence-electron chi connectivity index (χ4n) is 9.56. The molecule has 2 aromatic carbocycles. The number of aromatic hydroxyl groups is 1. The molecule has 9 rings (SSSR count). The zero-order valence-corrected chi connectivity index (χ0v) is 33.9. The topological polar surface area (TPSA) is 166 Å². The summed E-state index contributed by atoms with van der Waals surface area (Å²) in [5.74, 6) is 0.384. The van der Waals surface area contributed by atoms with Crippen LogP contribution in [-0.2, 0) is 4.79 Å². The van der Waals surface area contributed by atoms with E-state index in [0.29, 0.717) is 67.3 Å². The number of carbonyl (C=O) groups excluding carboxylic acids is 3. The van der Waals surface area contributed by atoms with E-state index in [-0.39, 0.29) is 35.9 Å². The fraction of sp³-hybridized carbons (Fsp3) is 0.422. The number of pyridine rings is 1. The highest BCUT2D eigenvalue weighted by molar-refractivity contribution is 6.06. The van der Waals surface area contributed by atoms with Crippen LogP contribution < -0.4 is 20.9 Å². The van der Waals surface area contributed by atoms with Crippen molar-refractivity contribution in [3.8, 4) is 17.0 Å². The second kappa shape index (κ2) is 16.2. The average molecular weight is 815 g/mol. The summed E-state index contributed by atoms with van der Waals surface area (Å²) in [6.45, 7) is 6.60. The molecule has 14 nitrogen and oxygen atoms in total. The Balaban J connectivity index is 0.768. The van der Waals surface area contributed by atoms with Gasteiger partial charge in [-0.2, -0.15) is 0 Å². The first-order valence-corrected chi connectivity index (χ1v) is 21.1. The molecular formula is C45H51FN10O4. The number of benzene rings is 2. The summed E-state index contributed by atoms with van der Waals surface area (Å²) in [7, 11) is 0. The summed E-state index contributed by atoms with van der Waals surface area (Å²) in [6, 6.07) is 18.6. The Hall–Kier alpha value is -6.09. The maximum Gasteiger partial charge on any atom is 0.328 e. The van der Waals surface area contributed by atoms with Crippen molar-refractivity contribution < 1.29 is 23.9 Å². The Bertz CT molecular complexity index is 2420. The Morgan fingerprint density at radius 3 is 2.48 bits per heavy atom. The molecule has 15 heteroatoms. The third-order valence-corrected chi connectivity index (χ3v) is 13.0. The van der Waals surface area contributed by atoms with Gasteiger partial charge in [0.15, 0.2) is 5.82 Å². The summed E-state index contributed by atoms with van der Waals surface area (Å²) >= 11 is 0. The van der Waals surface area contributed by atoms with Crippen molar-refractivity contribution in [3.05, 3.63) is 89.7 Å². The molecule has 0 spiro atoms. The first kappa shape index (κ1) is 39.4. The largest absolute Gasteiger partial charge is 0.507 e. The molecule has 0 bridgehead atoms. The highest BCUT2D eigenvalue weighted by atomic mass is 19.1. The maximum absolute atomic E-state index is 16.4. The van der Waals surface area contributed by atoms with E-state index in [1.54, 1.807) is 34.2 Å². The number of imide groups is 1. The second-order valence-electron chi connectivity index (χ2n) is 16.9. The number of likely N-dealkylation sites (tertiary alicyclic amines) is 2. The minimum atomic E-state index is -1.35. The molecule has 60 heavy (non-hydrogen) atoms. The summed E-state index contributed by atoms with van der Waals surface area (Å²) in [4.78, 5) is 50.2. The maximum atomic E-state index is 16.4. The Morgan fingerprint density at radius 1 is 0.967 bits per heavy atom. The SMILES string of the molecule is Cc1cn(C2CCN(CC3(F)CCN(C(=O)c4ccc([C@H]5CCCN(c6cc(-c7ccccc7O)nnc6N)C5)cc4)CC3)CC2)c2ncc(N3CCC(=O)NC3=O)cc12. The van der Waals surface area contributed by atoms with E-state index >= 15 is 4.39 Å². The van der Waals surface area contributed by atoms with E-state index in [2.05, 4.69) is 36.1 Å². The van der Waals surface area contributed by atoms with Crippen molar-refractivity contribution in [2.24, 2.45) is 0 Å². The number of urea groups is 1. The van der Waals surface area contributed by atoms with E-state index in [4.69, 9.17) is 10.7 Å². The number of fused-ring (bicyclic) bond motifs is 1. The third-order valence-electron chi connectivity index (χ3n) is 13.0. The van der Waals surface area contributed by atoms with Crippen LogP contribution >= 0.6 is 0 Å². The normalized spacial score (nSPS) is 20.4. The van der Waals surface area contributed by atoms with Gasteiger partial charge in [-0.15, -0.1) is 10.2 Å². The molecule has 4 N–H and O–H groups in total. The number of phenols is 1. The number of nitrogen functional groups attached to an aromatic ring is 1. The van der Waals surface area contributed by atoms with Gasteiger partial charge >= 0.3 is 6.03 Å². The lowest BCUT2D eigenvalue weighted by Gasteiger charge is -2.41. The predicted molar refractivity (Wildman–Crippen MR) is 228 cm³/mol. The number of hydrogen-bond acceptors (Lipinski definition) is 10. The van der Waals surface area contributed by atoms with Gasteiger partial charge in [-0.25, -0.2) is 14.2 Å². The highest BCUT2D eigenvalue weighted by Gasteiger charge is 2.39. The minimum absolute atomic E-state index is 0.0636. The van der Waals surface area contributed by atoms with Gasteiger partial charge in [0, 0.05) is 106 Å². The van der Waals surface area contributed by atoms with Crippen molar-refractivity contribution >= 4 is 46.1 Å². The smallest absolute Gasteiger partial charge is 0.328 e. The van der Waals surface area contributed by atoms with Crippen LogP contribution in [0.15, 0.2) is 73.1 Å². The number of alkyl halides is 1. The van der Waals surface area contributed by atoms with Gasteiger partial charge in [0.2, 0.25) is 5.91 Å². The number of nitrogens with one attached hydrogen (secondary N) is 1. The van der Waals surface area contributed by atoms with Crippen LogP contribution in [-0.4, -0.2) is 111 Å². The number of aromatic nitrogens is 4. The van der Waals surface area contributed by atoms with E-state index in [9.17, 15) is 19.5 Å². The van der Waals surface area contributed by atoms with Gasteiger partial charge in [0.25, 0.3) is 5.91 Å². The summed E-state index contributed by atoms with van der Waals surface area (Å²) in [6.07, 6.45) is 8.40. The van der Waals surface area contributed by atoms with Crippen molar-refractivity contribution in [1.29, 1.82) is 0 Å². The molecule has 5 aromatic rings. The third kappa shape index (κ3) is 7.85. The van der Waals surface area contributed by atoms with Gasteiger partial charge in [0.05, 0.1) is 23.3 Å². The number of carbonyl (C=O) groups is 3. The number of nitrogens with zero attached hydrogens (tertiary/aromatic N) is 8. The average Bonchev–Trinajstić information content (AvgIpc) is 3.59. The molecule has 3 aromatic heterocycles. The van der Waals surface area contributed by atoms with Crippen LogP contribution in [0.4, 0.5) is 26.4 Å². The number of aryl methyl sites for hydroxylation is 1. The number of amides is 4. The van der Waals surface area contributed by atoms with Gasteiger partial charge in [-0.1, -0.05) is 24.3 Å². The standard InChI is InChI=1S/C45H51FN10O4/c1-29-26-56(42-36(29)23-34(25-48-42)55-20-14-40(58)49-44(55)60)33-12-18-52(19-13-33)28-45(46)15-21-53(22-16-45)43(59)31-10-8-30(9-11-31)32-5-4-17-54(27-32)38-24-37(50-51-41(38)47)35-6-2-3-7-39(35)57/h2-3,6-11,23-26,32-33,57H,4-5,12-22,27-28H2,1H3,(H2,47,51)(H,49,58,60)/t32-/m0/s1. The van der Waals surface area contributed by atoms with Crippen LogP contribution in [0.1, 0.15) is 78.4 Å². The second-order valence-corrected chi connectivity index (χ2v) is 16.9. The number of rotatable bonds is 8. The van der Waals surface area contributed by atoms with Crippen LogP contribution in [0.5, 0.6) is 5.75 Å². The van der Waals surface area contributed by atoms with Crippen LogP contribution in [0.2, 0.25) is 0 Å². The number of para-hydroxylation sites is 1. The van der Waals surface area contributed by atoms with E-state index < -0.39 is 11.7 Å². The predicted octanol–water partition coefficient (Wildman–Crippen LogP) is 6.20. The number of piperidine rings is 3. The molecule has 0 aliphatic carbocycles. The summed E-state index contributed by atoms with van der Waals surface area (Å²) in [5.41, 5.74) is 11.3. The highest BCUT2D eigenvalue weighted by Crippen LogP contribution is 2.37.